The van der Waals surface area contributed by atoms with Gasteiger partial charge in [0.25, 0.3) is 5.91 Å². The van der Waals surface area contributed by atoms with E-state index >= 15 is 0 Å². The smallest absolute Gasteiger partial charge is 0.256 e. The molecule has 19 heavy (non-hydrogen) atoms. The van der Waals surface area contributed by atoms with Crippen molar-refractivity contribution in [3.8, 4) is 0 Å². The van der Waals surface area contributed by atoms with Crippen LogP contribution in [0.1, 0.15) is 36.5 Å². The van der Waals surface area contributed by atoms with Crippen molar-refractivity contribution in [1.29, 1.82) is 0 Å². The molecule has 0 bridgehead atoms. The molecule has 0 radical (unpaired) electrons. The number of likely N-dealkylation sites (tertiary alicyclic amines) is 1. The summed E-state index contributed by atoms with van der Waals surface area (Å²) in [6.07, 6.45) is 3.29. The van der Waals surface area contributed by atoms with Gasteiger partial charge in [-0.3, -0.25) is 4.79 Å². The summed E-state index contributed by atoms with van der Waals surface area (Å²) < 4.78 is 1.85. The van der Waals surface area contributed by atoms with Crippen molar-refractivity contribution in [2.45, 2.75) is 32.2 Å². The Kier molecular flexibility index (Phi) is 5.45. The molecule has 2 atom stereocenters. The van der Waals surface area contributed by atoms with Crippen molar-refractivity contribution in [2.75, 3.05) is 13.1 Å². The van der Waals surface area contributed by atoms with Gasteiger partial charge in [0, 0.05) is 19.1 Å². The van der Waals surface area contributed by atoms with Crippen molar-refractivity contribution < 1.29 is 4.79 Å². The molecule has 0 spiro atoms. The molecule has 6 heteroatoms. The largest absolute Gasteiger partial charge is 0.334 e. The lowest BCUT2D eigenvalue weighted by Crippen LogP contribution is -2.49. The molecule has 1 saturated heterocycles. The van der Waals surface area contributed by atoms with Gasteiger partial charge in [-0.1, -0.05) is 13.3 Å². The first kappa shape index (κ1) is 15.5. The maximum atomic E-state index is 12.6. The van der Waals surface area contributed by atoms with Crippen LogP contribution in [0.5, 0.6) is 0 Å². The lowest BCUT2D eigenvalue weighted by molar-refractivity contribution is 0.0558. The number of carbonyl (C=O) groups is 1. The van der Waals surface area contributed by atoms with Gasteiger partial charge in [0.1, 0.15) is 0 Å². The number of hydrogen-bond acceptors (Lipinski definition) is 3. The van der Waals surface area contributed by atoms with E-state index < -0.39 is 0 Å². The fourth-order valence-electron chi connectivity index (χ4n) is 2.64. The molecule has 2 heterocycles. The summed E-state index contributed by atoms with van der Waals surface area (Å²) >= 11 is 8.41. The first-order valence-electron chi connectivity index (χ1n) is 6.52. The van der Waals surface area contributed by atoms with E-state index in [9.17, 15) is 4.79 Å². The molecule has 1 aromatic rings. The molecule has 1 aromatic heterocycles. The molecule has 106 valence electrons. The second-order valence-corrected chi connectivity index (χ2v) is 8.67. The molecule has 1 aliphatic rings. The third kappa shape index (κ3) is 3.40. The molecule has 2 N–H and O–H groups in total. The normalized spacial score (nSPS) is 23.7. The number of piperidine rings is 1. The highest BCUT2D eigenvalue weighted by Crippen LogP contribution is 2.34. The molecule has 0 saturated carbocycles. The maximum absolute atomic E-state index is 12.6. The van der Waals surface area contributed by atoms with Crippen molar-refractivity contribution in [1.82, 2.24) is 4.90 Å². The Bertz CT molecular complexity index is 463. The van der Waals surface area contributed by atoms with E-state index in [1.165, 1.54) is 17.8 Å². The quantitative estimate of drug-likeness (QED) is 0.823. The van der Waals surface area contributed by atoms with Crippen LogP contribution < -0.4 is 5.73 Å². The van der Waals surface area contributed by atoms with Gasteiger partial charge in [-0.05, 0) is 56.7 Å². The Balaban J connectivity index is 2.16. The van der Waals surface area contributed by atoms with Gasteiger partial charge >= 0.3 is 0 Å². The van der Waals surface area contributed by atoms with Crippen LogP contribution >= 0.6 is 43.2 Å². The number of halogens is 2. The fraction of sp³-hybridized carbons (Fsp3) is 0.615. The molecule has 0 aliphatic carbocycles. The van der Waals surface area contributed by atoms with Gasteiger partial charge < -0.3 is 10.6 Å². The number of nitrogens with zero attached hydrogens (tertiary/aromatic N) is 1. The van der Waals surface area contributed by atoms with Crippen molar-refractivity contribution in [3.05, 3.63) is 19.2 Å². The predicted molar refractivity (Wildman–Crippen MR) is 86.6 cm³/mol. The van der Waals surface area contributed by atoms with Gasteiger partial charge in [-0.15, -0.1) is 11.3 Å². The average Bonchev–Trinajstić information content (AvgIpc) is 2.76. The molecule has 1 fully saturated rings. The molecular formula is C13H18Br2N2OS. The van der Waals surface area contributed by atoms with E-state index in [1.807, 2.05) is 11.0 Å². The van der Waals surface area contributed by atoms with E-state index in [4.69, 9.17) is 5.73 Å². The molecule has 0 aromatic carbocycles. The zero-order valence-electron chi connectivity index (χ0n) is 10.9. The van der Waals surface area contributed by atoms with Crippen LogP contribution in [0.15, 0.2) is 13.6 Å². The Morgan fingerprint density at radius 3 is 2.84 bits per heavy atom. The van der Waals surface area contributed by atoms with Crippen LogP contribution in [-0.4, -0.2) is 29.9 Å². The highest BCUT2D eigenvalue weighted by Gasteiger charge is 2.31. The predicted octanol–water partition coefficient (Wildman–Crippen LogP) is 3.86. The lowest BCUT2D eigenvalue weighted by Gasteiger charge is -2.38. The molecule has 2 rings (SSSR count). The van der Waals surface area contributed by atoms with Crippen LogP contribution in [0.25, 0.3) is 0 Å². The van der Waals surface area contributed by atoms with Crippen LogP contribution in [0.2, 0.25) is 0 Å². The summed E-state index contributed by atoms with van der Waals surface area (Å²) in [5.41, 5.74) is 6.60. The third-order valence-corrected chi connectivity index (χ3v) is 6.16. The summed E-state index contributed by atoms with van der Waals surface area (Å²) in [4.78, 5) is 14.6. The highest BCUT2D eigenvalue weighted by molar-refractivity contribution is 9.12. The van der Waals surface area contributed by atoms with E-state index in [1.54, 1.807) is 0 Å². The molecule has 1 amide bonds. The fourth-order valence-corrected chi connectivity index (χ4v) is 5.41. The first-order valence-corrected chi connectivity index (χ1v) is 8.92. The van der Waals surface area contributed by atoms with Crippen molar-refractivity contribution in [3.63, 3.8) is 0 Å². The number of rotatable bonds is 3. The van der Waals surface area contributed by atoms with Crippen molar-refractivity contribution in [2.24, 2.45) is 11.7 Å². The Morgan fingerprint density at radius 1 is 1.58 bits per heavy atom. The van der Waals surface area contributed by atoms with E-state index in [2.05, 4.69) is 38.8 Å². The topological polar surface area (TPSA) is 46.3 Å². The second kappa shape index (κ2) is 6.70. The van der Waals surface area contributed by atoms with Gasteiger partial charge in [-0.25, -0.2) is 0 Å². The number of nitrogens with two attached hydrogens (primary N) is 1. The number of thiophene rings is 1. The Morgan fingerprint density at radius 2 is 2.32 bits per heavy atom. The second-order valence-electron chi connectivity index (χ2n) is 4.92. The molecule has 1 aliphatic heterocycles. The first-order chi connectivity index (χ1) is 9.06. The lowest BCUT2D eigenvalue weighted by atomic mass is 9.88. The zero-order valence-corrected chi connectivity index (χ0v) is 14.9. The molecule has 3 nitrogen and oxygen atoms in total. The summed E-state index contributed by atoms with van der Waals surface area (Å²) in [5, 5.41) is 0. The van der Waals surface area contributed by atoms with Crippen LogP contribution in [0.4, 0.5) is 0 Å². The third-order valence-electron chi connectivity index (χ3n) is 3.82. The summed E-state index contributed by atoms with van der Waals surface area (Å²) in [7, 11) is 0. The minimum Gasteiger partial charge on any atom is -0.334 e. The number of carbonyl (C=O) groups excluding carboxylic acids is 1. The number of hydrogen-bond donors (Lipinski definition) is 1. The summed E-state index contributed by atoms with van der Waals surface area (Å²) in [6.45, 7) is 3.58. The average molecular weight is 410 g/mol. The van der Waals surface area contributed by atoms with E-state index in [-0.39, 0.29) is 11.9 Å². The van der Waals surface area contributed by atoms with Gasteiger partial charge in [-0.2, -0.15) is 0 Å². The molecule has 2 unspecified atom stereocenters. The Hall–Kier alpha value is 0.0900. The van der Waals surface area contributed by atoms with Crippen LogP contribution in [-0.2, 0) is 0 Å². The van der Waals surface area contributed by atoms with Gasteiger partial charge in [0.2, 0.25) is 0 Å². The number of amides is 1. The van der Waals surface area contributed by atoms with Gasteiger partial charge in [0.15, 0.2) is 0 Å². The molecular weight excluding hydrogens is 392 g/mol. The highest BCUT2D eigenvalue weighted by atomic mass is 79.9. The minimum atomic E-state index is 0.0961. The maximum Gasteiger partial charge on any atom is 0.256 e. The van der Waals surface area contributed by atoms with Crippen LogP contribution in [0, 0.1) is 5.92 Å². The minimum absolute atomic E-state index is 0.0961. The van der Waals surface area contributed by atoms with E-state index in [0.29, 0.717) is 12.5 Å². The SMILES string of the molecule is CCC1CCN(C(=O)c2cc(Br)sc2Br)C(CN)C1. The van der Waals surface area contributed by atoms with Gasteiger partial charge in [0.05, 0.1) is 13.1 Å². The van der Waals surface area contributed by atoms with Crippen LogP contribution in [0.3, 0.4) is 0 Å². The summed E-state index contributed by atoms with van der Waals surface area (Å²) in [6, 6.07) is 2.06. The van der Waals surface area contributed by atoms with E-state index in [0.717, 1.165) is 32.5 Å². The Labute approximate surface area is 134 Å². The monoisotopic (exact) mass is 408 g/mol. The zero-order chi connectivity index (χ0) is 14.0. The van der Waals surface area contributed by atoms with Crippen molar-refractivity contribution >= 4 is 49.1 Å². The standard InChI is InChI=1S/C13H18Br2N2OS/c1-2-8-3-4-17(9(5-8)7-16)13(18)10-6-11(14)19-12(10)15/h6,8-9H,2-5,7,16H2,1H3. The summed E-state index contributed by atoms with van der Waals surface area (Å²) in [5.74, 6) is 0.800.